The van der Waals surface area contributed by atoms with E-state index in [4.69, 9.17) is 4.42 Å². The topological polar surface area (TPSA) is 59.3 Å². The molecular weight excluding hydrogens is 346 g/mol. The van der Waals surface area contributed by atoms with Crippen molar-refractivity contribution in [2.75, 3.05) is 4.72 Å². The molecule has 0 radical (unpaired) electrons. The van der Waals surface area contributed by atoms with Crippen LogP contribution in [0.15, 0.2) is 45.7 Å². The van der Waals surface area contributed by atoms with Crippen molar-refractivity contribution in [1.82, 2.24) is 0 Å². The zero-order chi connectivity index (χ0) is 18.5. The Balaban J connectivity index is 1.75. The molecule has 0 saturated heterocycles. The van der Waals surface area contributed by atoms with Gasteiger partial charge in [0, 0.05) is 17.4 Å². The van der Waals surface area contributed by atoms with Crippen LogP contribution in [-0.2, 0) is 22.9 Å². The van der Waals surface area contributed by atoms with E-state index in [1.165, 1.54) is 5.56 Å². The van der Waals surface area contributed by atoms with Gasteiger partial charge in [-0.2, -0.15) is 0 Å². The third-order valence-corrected chi connectivity index (χ3v) is 6.60. The lowest BCUT2D eigenvalue weighted by molar-refractivity contribution is 0.438. The summed E-state index contributed by atoms with van der Waals surface area (Å²) in [6.45, 7) is 6.08. The molecule has 0 saturated carbocycles. The molecule has 1 aliphatic rings. The minimum atomic E-state index is -3.62. The van der Waals surface area contributed by atoms with E-state index in [0.717, 1.165) is 47.1 Å². The number of hydrogen-bond donors (Lipinski definition) is 1. The van der Waals surface area contributed by atoms with E-state index in [1.54, 1.807) is 24.3 Å². The number of aryl methyl sites for hydroxylation is 3. The van der Waals surface area contributed by atoms with Gasteiger partial charge >= 0.3 is 0 Å². The minimum absolute atomic E-state index is 0.269. The van der Waals surface area contributed by atoms with Crippen LogP contribution in [0.1, 0.15) is 35.8 Å². The van der Waals surface area contributed by atoms with Crippen molar-refractivity contribution in [3.8, 4) is 0 Å². The third kappa shape index (κ3) is 3.01. The van der Waals surface area contributed by atoms with Gasteiger partial charge in [0.1, 0.15) is 11.3 Å². The van der Waals surface area contributed by atoms with Crippen LogP contribution in [0.2, 0.25) is 0 Å². The molecule has 4 nitrogen and oxygen atoms in total. The Morgan fingerprint density at radius 1 is 1.12 bits per heavy atom. The first kappa shape index (κ1) is 17.2. The monoisotopic (exact) mass is 369 g/mol. The summed E-state index contributed by atoms with van der Waals surface area (Å²) in [7, 11) is -3.62. The molecule has 2 aromatic carbocycles. The summed E-state index contributed by atoms with van der Waals surface area (Å²) < 4.78 is 34.3. The average molecular weight is 369 g/mol. The van der Waals surface area contributed by atoms with Crippen molar-refractivity contribution in [1.29, 1.82) is 0 Å². The highest BCUT2D eigenvalue weighted by Gasteiger charge is 2.23. The van der Waals surface area contributed by atoms with Crippen molar-refractivity contribution in [2.45, 2.75) is 44.9 Å². The molecular formula is C21H23NO3S. The van der Waals surface area contributed by atoms with Crippen LogP contribution >= 0.6 is 0 Å². The Labute approximate surface area is 154 Å². The smallest absolute Gasteiger partial charge is 0.261 e. The fourth-order valence-electron chi connectivity index (χ4n) is 3.63. The quantitative estimate of drug-likeness (QED) is 0.709. The summed E-state index contributed by atoms with van der Waals surface area (Å²) >= 11 is 0. The Morgan fingerprint density at radius 2 is 1.85 bits per heavy atom. The van der Waals surface area contributed by atoms with Crippen LogP contribution in [0.5, 0.6) is 0 Å². The maximum Gasteiger partial charge on any atom is 0.261 e. The zero-order valence-corrected chi connectivity index (χ0v) is 16.1. The van der Waals surface area contributed by atoms with Crippen molar-refractivity contribution in [3.63, 3.8) is 0 Å². The molecule has 1 unspecified atom stereocenters. The van der Waals surface area contributed by atoms with E-state index in [0.29, 0.717) is 11.6 Å². The molecule has 0 bridgehead atoms. The number of sulfonamides is 1. The largest absolute Gasteiger partial charge is 0.461 e. The molecule has 136 valence electrons. The van der Waals surface area contributed by atoms with Crippen LogP contribution in [-0.4, -0.2) is 8.42 Å². The first-order valence-electron chi connectivity index (χ1n) is 8.98. The molecule has 1 atom stereocenters. The molecule has 1 heterocycles. The van der Waals surface area contributed by atoms with E-state index in [9.17, 15) is 8.42 Å². The van der Waals surface area contributed by atoms with E-state index >= 15 is 0 Å². The summed E-state index contributed by atoms with van der Waals surface area (Å²) in [5, 5.41) is 1.03. The Kier molecular flexibility index (Phi) is 4.07. The molecule has 4 rings (SSSR count). The maximum absolute atomic E-state index is 12.7. The minimum Gasteiger partial charge on any atom is -0.461 e. The number of furan rings is 1. The molecule has 1 aliphatic carbocycles. The number of hydrogen-bond acceptors (Lipinski definition) is 3. The van der Waals surface area contributed by atoms with Crippen LogP contribution in [0.3, 0.4) is 0 Å². The first-order chi connectivity index (χ1) is 12.3. The van der Waals surface area contributed by atoms with Crippen molar-refractivity contribution >= 4 is 26.7 Å². The fraction of sp³-hybridized carbons (Fsp3) is 0.333. The lowest BCUT2D eigenvalue weighted by Crippen LogP contribution is -2.14. The van der Waals surface area contributed by atoms with Crippen LogP contribution in [0.4, 0.5) is 5.69 Å². The normalized spacial score (nSPS) is 17.3. The molecule has 3 aromatic rings. The van der Waals surface area contributed by atoms with E-state index in [1.807, 2.05) is 26.0 Å². The number of benzene rings is 2. The lowest BCUT2D eigenvalue weighted by Gasteiger charge is -2.17. The molecule has 1 N–H and O–H groups in total. The van der Waals surface area contributed by atoms with Gasteiger partial charge in [-0.05, 0) is 62.4 Å². The van der Waals surface area contributed by atoms with Gasteiger partial charge in [0.25, 0.3) is 10.0 Å². The Morgan fingerprint density at radius 3 is 2.58 bits per heavy atom. The number of fused-ring (bicyclic) bond motifs is 3. The van der Waals surface area contributed by atoms with Crippen molar-refractivity contribution in [2.24, 2.45) is 5.92 Å². The molecule has 0 aliphatic heterocycles. The van der Waals surface area contributed by atoms with Crippen LogP contribution in [0.25, 0.3) is 11.0 Å². The summed E-state index contributed by atoms with van der Waals surface area (Å²) in [5.41, 5.74) is 4.57. The van der Waals surface area contributed by atoms with Crippen LogP contribution < -0.4 is 4.72 Å². The molecule has 1 aromatic heterocycles. The first-order valence-corrected chi connectivity index (χ1v) is 10.5. The Hall–Kier alpha value is -2.27. The second kappa shape index (κ2) is 6.16. The van der Waals surface area contributed by atoms with Gasteiger partial charge in [-0.1, -0.05) is 24.6 Å². The SMILES string of the molecule is Cc1ccc(S(=O)(=O)Nc2cc3c4c(oc3cc2C)CCC(C)C4)cc1. The maximum atomic E-state index is 12.7. The number of rotatable bonds is 3. The lowest BCUT2D eigenvalue weighted by atomic mass is 9.88. The zero-order valence-electron chi connectivity index (χ0n) is 15.3. The third-order valence-electron chi connectivity index (χ3n) is 5.21. The standard InChI is InChI=1S/C21H23NO3S/c1-13-4-7-16(8-5-13)26(23,24)22-19-12-18-17-10-14(2)6-9-20(17)25-21(18)11-15(19)3/h4-5,7-8,11-12,14,22H,6,9-10H2,1-3H3. The van der Waals surface area contributed by atoms with Gasteiger partial charge in [0.15, 0.2) is 0 Å². The molecule has 26 heavy (non-hydrogen) atoms. The molecule has 0 fully saturated rings. The fourth-order valence-corrected chi connectivity index (χ4v) is 4.75. The second-order valence-corrected chi connectivity index (χ2v) is 9.12. The Bertz CT molecular complexity index is 1080. The predicted molar refractivity (Wildman–Crippen MR) is 104 cm³/mol. The van der Waals surface area contributed by atoms with Gasteiger partial charge in [0.05, 0.1) is 10.6 Å². The highest BCUT2D eigenvalue weighted by atomic mass is 32.2. The average Bonchev–Trinajstić information content (AvgIpc) is 2.92. The van der Waals surface area contributed by atoms with E-state index < -0.39 is 10.0 Å². The molecule has 5 heteroatoms. The van der Waals surface area contributed by atoms with Gasteiger partial charge in [0.2, 0.25) is 0 Å². The van der Waals surface area contributed by atoms with Gasteiger partial charge in [-0.3, -0.25) is 4.72 Å². The summed E-state index contributed by atoms with van der Waals surface area (Å²) in [5.74, 6) is 1.67. The van der Waals surface area contributed by atoms with Gasteiger partial charge < -0.3 is 4.42 Å². The van der Waals surface area contributed by atoms with Crippen LogP contribution in [0, 0.1) is 19.8 Å². The molecule has 0 spiro atoms. The summed E-state index contributed by atoms with van der Waals surface area (Å²) in [4.78, 5) is 0.269. The van der Waals surface area contributed by atoms with Crippen molar-refractivity contribution < 1.29 is 12.8 Å². The van der Waals surface area contributed by atoms with Gasteiger partial charge in [-0.15, -0.1) is 0 Å². The van der Waals surface area contributed by atoms with E-state index in [-0.39, 0.29) is 4.90 Å². The highest BCUT2D eigenvalue weighted by Crippen LogP contribution is 2.37. The number of anilines is 1. The number of nitrogens with one attached hydrogen (secondary N) is 1. The van der Waals surface area contributed by atoms with Crippen molar-refractivity contribution in [3.05, 3.63) is 58.8 Å². The summed E-state index contributed by atoms with van der Waals surface area (Å²) in [6.07, 6.45) is 3.07. The van der Waals surface area contributed by atoms with E-state index in [2.05, 4.69) is 11.6 Å². The predicted octanol–water partition coefficient (Wildman–Crippen LogP) is 4.98. The highest BCUT2D eigenvalue weighted by molar-refractivity contribution is 7.92. The second-order valence-electron chi connectivity index (χ2n) is 7.43. The molecule has 0 amide bonds. The van der Waals surface area contributed by atoms with Gasteiger partial charge in [-0.25, -0.2) is 8.42 Å². The summed E-state index contributed by atoms with van der Waals surface area (Å²) in [6, 6.07) is 10.7.